The Bertz CT molecular complexity index is 1110. The molecule has 1 saturated heterocycles. The molecule has 3 aromatic carbocycles. The number of amides is 2. The summed E-state index contributed by atoms with van der Waals surface area (Å²) in [5, 5.41) is 3.48. The largest absolute Gasteiger partial charge is 0.483 e. The van der Waals surface area contributed by atoms with E-state index in [9.17, 15) is 9.59 Å². The first-order valence-electron chi connectivity index (χ1n) is 10.9. The van der Waals surface area contributed by atoms with Crippen LogP contribution in [0.3, 0.4) is 0 Å². The highest BCUT2D eigenvalue weighted by Crippen LogP contribution is 2.21. The molecule has 0 spiro atoms. The van der Waals surface area contributed by atoms with E-state index in [0.717, 1.165) is 24.3 Å². The van der Waals surface area contributed by atoms with Gasteiger partial charge in [-0.1, -0.05) is 29.8 Å². The van der Waals surface area contributed by atoms with Gasteiger partial charge in [0.05, 0.1) is 0 Å². The highest BCUT2D eigenvalue weighted by Gasteiger charge is 2.22. The molecule has 3 aromatic rings. The minimum atomic E-state index is -0.208. The summed E-state index contributed by atoms with van der Waals surface area (Å²) in [6.45, 7) is 4.69. The van der Waals surface area contributed by atoms with Crippen molar-refractivity contribution in [2.75, 3.05) is 43.0 Å². The summed E-state index contributed by atoms with van der Waals surface area (Å²) in [6.07, 6.45) is 0. The Morgan fingerprint density at radius 2 is 1.58 bits per heavy atom. The third kappa shape index (κ3) is 5.84. The maximum Gasteiger partial charge on any atom is 0.262 e. The highest BCUT2D eigenvalue weighted by molar-refractivity contribution is 6.30. The normalized spacial score (nSPS) is 13.5. The molecular weight excluding hydrogens is 438 g/mol. The number of nitrogens with zero attached hydrogens (tertiary/aromatic N) is 2. The molecule has 4 rings (SSSR count). The van der Waals surface area contributed by atoms with Crippen molar-refractivity contribution in [2.45, 2.75) is 6.92 Å². The van der Waals surface area contributed by atoms with Gasteiger partial charge in [0.1, 0.15) is 5.75 Å². The van der Waals surface area contributed by atoms with Crippen LogP contribution in [-0.2, 0) is 4.79 Å². The third-order valence-corrected chi connectivity index (χ3v) is 5.88. The molecule has 33 heavy (non-hydrogen) atoms. The molecule has 1 aliphatic rings. The summed E-state index contributed by atoms with van der Waals surface area (Å²) in [7, 11) is 0. The summed E-state index contributed by atoms with van der Waals surface area (Å²) < 4.78 is 5.60. The Kier molecular flexibility index (Phi) is 7.15. The summed E-state index contributed by atoms with van der Waals surface area (Å²) in [5.41, 5.74) is 3.42. The van der Waals surface area contributed by atoms with E-state index >= 15 is 0 Å². The van der Waals surface area contributed by atoms with Crippen molar-refractivity contribution in [3.63, 3.8) is 0 Å². The zero-order chi connectivity index (χ0) is 23.2. The lowest BCUT2D eigenvalue weighted by Crippen LogP contribution is -2.48. The monoisotopic (exact) mass is 463 g/mol. The molecule has 0 unspecified atom stereocenters. The van der Waals surface area contributed by atoms with Gasteiger partial charge in [0, 0.05) is 48.1 Å². The van der Waals surface area contributed by atoms with Gasteiger partial charge in [0.15, 0.2) is 6.61 Å². The number of piperazine rings is 1. The molecular formula is C26H26ClN3O3. The van der Waals surface area contributed by atoms with Crippen molar-refractivity contribution in [1.82, 2.24) is 4.90 Å². The number of carbonyl (C=O) groups excluding carboxylic acids is 2. The van der Waals surface area contributed by atoms with Gasteiger partial charge in [-0.15, -0.1) is 0 Å². The molecule has 0 bridgehead atoms. The van der Waals surface area contributed by atoms with E-state index in [-0.39, 0.29) is 18.4 Å². The van der Waals surface area contributed by atoms with Gasteiger partial charge in [-0.2, -0.15) is 0 Å². The second kappa shape index (κ2) is 10.4. The maximum atomic E-state index is 12.7. The lowest BCUT2D eigenvalue weighted by atomic mass is 10.1. The molecule has 0 aromatic heterocycles. The number of halogens is 1. The molecule has 0 radical (unpaired) electrons. The first-order chi connectivity index (χ1) is 16.0. The number of hydrogen-bond acceptors (Lipinski definition) is 4. The average molecular weight is 464 g/mol. The molecule has 1 heterocycles. The van der Waals surface area contributed by atoms with Crippen LogP contribution in [0.1, 0.15) is 15.9 Å². The fourth-order valence-corrected chi connectivity index (χ4v) is 3.88. The van der Waals surface area contributed by atoms with Gasteiger partial charge in [-0.3, -0.25) is 9.59 Å². The topological polar surface area (TPSA) is 61.9 Å². The summed E-state index contributed by atoms with van der Waals surface area (Å²) >= 11 is 5.91. The summed E-state index contributed by atoms with van der Waals surface area (Å²) in [6, 6.07) is 22.3. The van der Waals surface area contributed by atoms with Crippen LogP contribution in [0.4, 0.5) is 11.4 Å². The highest BCUT2D eigenvalue weighted by atomic mass is 35.5. The van der Waals surface area contributed by atoms with Crippen LogP contribution >= 0.6 is 11.6 Å². The van der Waals surface area contributed by atoms with Gasteiger partial charge >= 0.3 is 0 Å². The van der Waals surface area contributed by atoms with Gasteiger partial charge in [-0.05, 0) is 67.1 Å². The molecule has 170 valence electrons. The van der Waals surface area contributed by atoms with Crippen molar-refractivity contribution in [2.24, 2.45) is 0 Å². The number of carbonyl (C=O) groups is 2. The number of benzene rings is 3. The Labute approximate surface area is 198 Å². The molecule has 1 N–H and O–H groups in total. The Morgan fingerprint density at radius 3 is 2.24 bits per heavy atom. The quantitative estimate of drug-likeness (QED) is 0.579. The zero-order valence-electron chi connectivity index (χ0n) is 18.5. The van der Waals surface area contributed by atoms with Gasteiger partial charge < -0.3 is 19.9 Å². The van der Waals surface area contributed by atoms with Crippen LogP contribution in [0.25, 0.3) is 0 Å². The van der Waals surface area contributed by atoms with E-state index in [1.807, 2.05) is 60.4 Å². The standard InChI is InChI=1S/C26H26ClN3O3/c1-19-4-2-3-5-24(19)33-18-25(31)28-22-10-12-23(13-11-22)29-14-16-30(17-15-29)26(32)20-6-8-21(27)9-7-20/h2-13H,14-18H2,1H3,(H,28,31). The van der Waals surface area contributed by atoms with E-state index in [0.29, 0.717) is 35.1 Å². The molecule has 0 saturated carbocycles. The number of hydrogen-bond donors (Lipinski definition) is 1. The maximum absolute atomic E-state index is 12.7. The van der Waals surface area contributed by atoms with Crippen LogP contribution in [0, 0.1) is 6.92 Å². The summed E-state index contributed by atoms with van der Waals surface area (Å²) in [4.78, 5) is 29.0. The Hall–Kier alpha value is -3.51. The summed E-state index contributed by atoms with van der Waals surface area (Å²) in [5.74, 6) is 0.523. The predicted molar refractivity (Wildman–Crippen MR) is 131 cm³/mol. The second-order valence-electron chi connectivity index (χ2n) is 7.94. The number of anilines is 2. The van der Waals surface area contributed by atoms with Gasteiger partial charge in [0.25, 0.3) is 11.8 Å². The van der Waals surface area contributed by atoms with Gasteiger partial charge in [0.2, 0.25) is 0 Å². The van der Waals surface area contributed by atoms with E-state index in [2.05, 4.69) is 10.2 Å². The van der Waals surface area contributed by atoms with E-state index < -0.39 is 0 Å². The Balaban J connectivity index is 1.26. The third-order valence-electron chi connectivity index (χ3n) is 5.63. The zero-order valence-corrected chi connectivity index (χ0v) is 19.2. The molecule has 2 amide bonds. The smallest absolute Gasteiger partial charge is 0.262 e. The minimum absolute atomic E-state index is 0.0253. The Morgan fingerprint density at radius 1 is 0.909 bits per heavy atom. The fraction of sp³-hybridized carbons (Fsp3) is 0.231. The first kappa shape index (κ1) is 22.7. The molecule has 1 fully saturated rings. The lowest BCUT2D eigenvalue weighted by Gasteiger charge is -2.36. The predicted octanol–water partition coefficient (Wildman–Crippen LogP) is 4.63. The molecule has 7 heteroatoms. The minimum Gasteiger partial charge on any atom is -0.483 e. The van der Waals surface area contributed by atoms with Crippen LogP contribution < -0.4 is 15.0 Å². The molecule has 0 aliphatic carbocycles. The molecule has 0 atom stereocenters. The molecule has 1 aliphatic heterocycles. The van der Waals surface area contributed by atoms with E-state index in [4.69, 9.17) is 16.3 Å². The van der Waals surface area contributed by atoms with Crippen molar-refractivity contribution in [1.29, 1.82) is 0 Å². The average Bonchev–Trinajstić information content (AvgIpc) is 2.84. The SMILES string of the molecule is Cc1ccccc1OCC(=O)Nc1ccc(N2CCN(C(=O)c3ccc(Cl)cc3)CC2)cc1. The van der Waals surface area contributed by atoms with Crippen molar-refractivity contribution >= 4 is 34.8 Å². The second-order valence-corrected chi connectivity index (χ2v) is 8.37. The lowest BCUT2D eigenvalue weighted by molar-refractivity contribution is -0.118. The molecule has 6 nitrogen and oxygen atoms in total. The van der Waals surface area contributed by atoms with E-state index in [1.165, 1.54) is 0 Å². The van der Waals surface area contributed by atoms with Crippen LogP contribution in [0.5, 0.6) is 5.75 Å². The van der Waals surface area contributed by atoms with Crippen LogP contribution in [-0.4, -0.2) is 49.5 Å². The van der Waals surface area contributed by atoms with Crippen molar-refractivity contribution in [3.05, 3.63) is 88.9 Å². The van der Waals surface area contributed by atoms with Crippen LogP contribution in [0.2, 0.25) is 5.02 Å². The number of rotatable bonds is 6. The number of ether oxygens (including phenoxy) is 1. The number of nitrogens with one attached hydrogen (secondary N) is 1. The first-order valence-corrected chi connectivity index (χ1v) is 11.3. The number of para-hydroxylation sites is 1. The van der Waals surface area contributed by atoms with E-state index in [1.54, 1.807) is 24.3 Å². The van der Waals surface area contributed by atoms with Crippen molar-refractivity contribution in [3.8, 4) is 5.75 Å². The van der Waals surface area contributed by atoms with Crippen molar-refractivity contribution < 1.29 is 14.3 Å². The van der Waals surface area contributed by atoms with Crippen LogP contribution in [0.15, 0.2) is 72.8 Å². The van der Waals surface area contributed by atoms with Gasteiger partial charge in [-0.25, -0.2) is 0 Å². The number of aryl methyl sites for hydroxylation is 1. The fourth-order valence-electron chi connectivity index (χ4n) is 3.76.